The maximum Gasteiger partial charge on any atom is 0.250 e. The van der Waals surface area contributed by atoms with Crippen LogP contribution < -0.4 is 15.4 Å². The summed E-state index contributed by atoms with van der Waals surface area (Å²) in [6.45, 7) is 2.53. The highest BCUT2D eigenvalue weighted by Gasteiger charge is 2.47. The van der Waals surface area contributed by atoms with Crippen LogP contribution in [-0.2, 0) is 4.79 Å². The number of ether oxygens (including phenoxy) is 1. The SMILES string of the molecule is CCOc1cccc2c1NC(=O)C1(CCC1)N2. The van der Waals surface area contributed by atoms with Crippen LogP contribution in [0.4, 0.5) is 11.4 Å². The monoisotopic (exact) mass is 232 g/mol. The lowest BCUT2D eigenvalue weighted by molar-refractivity contribution is -0.123. The number of hydrogen-bond donors (Lipinski definition) is 2. The Kier molecular flexibility index (Phi) is 2.24. The van der Waals surface area contributed by atoms with Gasteiger partial charge in [-0.15, -0.1) is 0 Å². The lowest BCUT2D eigenvalue weighted by Gasteiger charge is -2.45. The average Bonchev–Trinajstić information content (AvgIpc) is 2.27. The molecule has 4 nitrogen and oxygen atoms in total. The fraction of sp³-hybridized carbons (Fsp3) is 0.462. The third-order valence-electron chi connectivity index (χ3n) is 3.58. The fourth-order valence-corrected chi connectivity index (χ4v) is 2.47. The van der Waals surface area contributed by atoms with E-state index in [1.807, 2.05) is 25.1 Å². The van der Waals surface area contributed by atoms with Crippen LogP contribution >= 0.6 is 0 Å². The minimum atomic E-state index is -0.363. The van der Waals surface area contributed by atoms with E-state index in [-0.39, 0.29) is 11.4 Å². The van der Waals surface area contributed by atoms with Gasteiger partial charge in [0.1, 0.15) is 17.0 Å². The number of anilines is 2. The fourth-order valence-electron chi connectivity index (χ4n) is 2.47. The first-order valence-electron chi connectivity index (χ1n) is 6.11. The summed E-state index contributed by atoms with van der Waals surface area (Å²) in [4.78, 5) is 12.1. The maximum absolute atomic E-state index is 12.1. The molecule has 1 aliphatic heterocycles. The van der Waals surface area contributed by atoms with Crippen LogP contribution in [-0.4, -0.2) is 18.1 Å². The highest BCUT2D eigenvalue weighted by Crippen LogP contribution is 2.44. The molecule has 0 atom stereocenters. The zero-order valence-corrected chi connectivity index (χ0v) is 9.88. The Labute approximate surface area is 100 Å². The van der Waals surface area contributed by atoms with E-state index in [9.17, 15) is 4.79 Å². The Balaban J connectivity index is 1.98. The largest absolute Gasteiger partial charge is 0.492 e. The van der Waals surface area contributed by atoms with Gasteiger partial charge in [0.15, 0.2) is 0 Å². The molecule has 0 radical (unpaired) electrons. The lowest BCUT2D eigenvalue weighted by atomic mass is 9.74. The molecule has 1 amide bonds. The zero-order chi connectivity index (χ0) is 11.9. The molecule has 1 saturated carbocycles. The van der Waals surface area contributed by atoms with Crippen molar-refractivity contribution in [1.29, 1.82) is 0 Å². The van der Waals surface area contributed by atoms with Crippen molar-refractivity contribution >= 4 is 17.3 Å². The summed E-state index contributed by atoms with van der Waals surface area (Å²) in [6, 6.07) is 5.81. The van der Waals surface area contributed by atoms with Gasteiger partial charge in [0.25, 0.3) is 0 Å². The Hall–Kier alpha value is -1.71. The van der Waals surface area contributed by atoms with Crippen molar-refractivity contribution in [2.45, 2.75) is 31.7 Å². The quantitative estimate of drug-likeness (QED) is 0.823. The third-order valence-corrected chi connectivity index (χ3v) is 3.58. The van der Waals surface area contributed by atoms with Gasteiger partial charge in [-0.3, -0.25) is 4.79 Å². The molecular formula is C13H16N2O2. The van der Waals surface area contributed by atoms with Crippen LogP contribution in [0, 0.1) is 0 Å². The summed E-state index contributed by atoms with van der Waals surface area (Å²) in [6.07, 6.45) is 2.94. The number of rotatable bonds is 2. The van der Waals surface area contributed by atoms with Gasteiger partial charge in [0.2, 0.25) is 5.91 Å². The van der Waals surface area contributed by atoms with E-state index in [0.29, 0.717) is 6.61 Å². The van der Waals surface area contributed by atoms with Gasteiger partial charge < -0.3 is 15.4 Å². The molecule has 1 aliphatic carbocycles. The van der Waals surface area contributed by atoms with Gasteiger partial charge in [-0.2, -0.15) is 0 Å². The van der Waals surface area contributed by atoms with Gasteiger partial charge in [-0.05, 0) is 38.3 Å². The second-order valence-electron chi connectivity index (χ2n) is 4.63. The number of para-hydroxylation sites is 1. The molecule has 4 heteroatoms. The van der Waals surface area contributed by atoms with E-state index in [1.165, 1.54) is 0 Å². The number of hydrogen-bond acceptors (Lipinski definition) is 3. The van der Waals surface area contributed by atoms with E-state index >= 15 is 0 Å². The van der Waals surface area contributed by atoms with Gasteiger partial charge in [0, 0.05) is 0 Å². The molecule has 17 heavy (non-hydrogen) atoms. The first-order valence-corrected chi connectivity index (χ1v) is 6.11. The van der Waals surface area contributed by atoms with Crippen LogP contribution in [0.2, 0.25) is 0 Å². The van der Waals surface area contributed by atoms with E-state index in [2.05, 4.69) is 10.6 Å². The summed E-state index contributed by atoms with van der Waals surface area (Å²) in [7, 11) is 0. The second kappa shape index (κ2) is 3.65. The van der Waals surface area contributed by atoms with Crippen molar-refractivity contribution in [3.8, 4) is 5.75 Å². The second-order valence-corrected chi connectivity index (χ2v) is 4.63. The Morgan fingerprint density at radius 1 is 1.41 bits per heavy atom. The van der Waals surface area contributed by atoms with Crippen LogP contribution in [0.3, 0.4) is 0 Å². The molecule has 1 fully saturated rings. The number of benzene rings is 1. The molecule has 1 aromatic carbocycles. The summed E-state index contributed by atoms with van der Waals surface area (Å²) < 4.78 is 5.52. The molecule has 1 heterocycles. The van der Waals surface area contributed by atoms with Crippen molar-refractivity contribution < 1.29 is 9.53 Å². The maximum atomic E-state index is 12.1. The summed E-state index contributed by atoms with van der Waals surface area (Å²) in [5.74, 6) is 0.809. The van der Waals surface area contributed by atoms with Crippen molar-refractivity contribution in [3.63, 3.8) is 0 Å². The van der Waals surface area contributed by atoms with Crippen molar-refractivity contribution in [3.05, 3.63) is 18.2 Å². The third kappa shape index (κ3) is 1.47. The molecule has 90 valence electrons. The molecular weight excluding hydrogens is 216 g/mol. The van der Waals surface area contributed by atoms with E-state index in [1.54, 1.807) is 0 Å². The number of nitrogens with one attached hydrogen (secondary N) is 2. The van der Waals surface area contributed by atoms with E-state index in [0.717, 1.165) is 36.4 Å². The summed E-state index contributed by atoms with van der Waals surface area (Å²) >= 11 is 0. The summed E-state index contributed by atoms with van der Waals surface area (Å²) in [5, 5.41) is 6.35. The number of carbonyl (C=O) groups is 1. The van der Waals surface area contributed by atoms with E-state index < -0.39 is 0 Å². The highest BCUT2D eigenvalue weighted by molar-refractivity contribution is 6.08. The number of fused-ring (bicyclic) bond motifs is 1. The van der Waals surface area contributed by atoms with E-state index in [4.69, 9.17) is 4.74 Å². The summed E-state index contributed by atoms with van der Waals surface area (Å²) in [5.41, 5.74) is 1.38. The van der Waals surface area contributed by atoms with Gasteiger partial charge in [0.05, 0.1) is 12.3 Å². The normalized spacial score (nSPS) is 19.9. The molecule has 1 spiro atoms. The van der Waals surface area contributed by atoms with Crippen LogP contribution in [0.15, 0.2) is 18.2 Å². The molecule has 0 aromatic heterocycles. The van der Waals surface area contributed by atoms with Crippen LogP contribution in [0.1, 0.15) is 26.2 Å². The van der Waals surface area contributed by atoms with Gasteiger partial charge >= 0.3 is 0 Å². The molecule has 2 N–H and O–H groups in total. The zero-order valence-electron chi connectivity index (χ0n) is 9.88. The number of carbonyl (C=O) groups excluding carboxylic acids is 1. The Morgan fingerprint density at radius 3 is 2.88 bits per heavy atom. The minimum absolute atomic E-state index is 0.0726. The highest BCUT2D eigenvalue weighted by atomic mass is 16.5. The molecule has 1 aromatic rings. The topological polar surface area (TPSA) is 50.4 Å². The molecule has 0 unspecified atom stereocenters. The first kappa shape index (κ1) is 10.4. The van der Waals surface area contributed by atoms with Gasteiger partial charge in [-0.1, -0.05) is 6.07 Å². The lowest BCUT2D eigenvalue weighted by Crippen LogP contribution is -2.57. The standard InChI is InChI=1S/C13H16N2O2/c1-2-17-10-6-3-5-9-11(10)14-12(16)13(15-9)7-4-8-13/h3,5-6,15H,2,4,7-8H2,1H3,(H,14,16). The average molecular weight is 232 g/mol. The first-order chi connectivity index (χ1) is 8.25. The smallest absolute Gasteiger partial charge is 0.250 e. The van der Waals surface area contributed by atoms with Crippen molar-refractivity contribution in [2.24, 2.45) is 0 Å². The molecule has 0 bridgehead atoms. The Morgan fingerprint density at radius 2 is 2.24 bits per heavy atom. The predicted octanol–water partition coefficient (Wildman–Crippen LogP) is 2.37. The molecule has 2 aliphatic rings. The predicted molar refractivity (Wildman–Crippen MR) is 66.4 cm³/mol. The van der Waals surface area contributed by atoms with Crippen molar-refractivity contribution in [1.82, 2.24) is 0 Å². The molecule has 3 rings (SSSR count). The van der Waals surface area contributed by atoms with Crippen molar-refractivity contribution in [2.75, 3.05) is 17.2 Å². The van der Waals surface area contributed by atoms with Gasteiger partial charge in [-0.25, -0.2) is 0 Å². The minimum Gasteiger partial charge on any atom is -0.492 e. The van der Waals surface area contributed by atoms with Crippen LogP contribution in [0.5, 0.6) is 5.75 Å². The number of amides is 1. The Bertz CT molecular complexity index is 466. The molecule has 0 saturated heterocycles. The van der Waals surface area contributed by atoms with Crippen LogP contribution in [0.25, 0.3) is 0 Å².